The molecule has 0 unspecified atom stereocenters. The lowest BCUT2D eigenvalue weighted by Crippen LogP contribution is -2.00. The number of carbonyl (C=O) groups is 1. The van der Waals surface area contributed by atoms with Gasteiger partial charge in [-0.15, -0.1) is 0 Å². The van der Waals surface area contributed by atoms with Crippen molar-refractivity contribution < 1.29 is 14.3 Å². The molecule has 3 aromatic rings. The first-order chi connectivity index (χ1) is 10.1. The summed E-state index contributed by atoms with van der Waals surface area (Å²) >= 11 is 0. The summed E-state index contributed by atoms with van der Waals surface area (Å²) in [5.41, 5.74) is 0.889. The molecule has 21 heavy (non-hydrogen) atoms. The van der Waals surface area contributed by atoms with Crippen molar-refractivity contribution in [3.8, 4) is 0 Å². The van der Waals surface area contributed by atoms with Gasteiger partial charge in [0.2, 0.25) is 0 Å². The van der Waals surface area contributed by atoms with Crippen molar-refractivity contribution in [1.82, 2.24) is 0 Å². The van der Waals surface area contributed by atoms with E-state index in [0.29, 0.717) is 5.69 Å². The zero-order valence-electron chi connectivity index (χ0n) is 11.0. The number of aromatic carboxylic acids is 1. The van der Waals surface area contributed by atoms with Crippen LogP contribution < -0.4 is 5.32 Å². The molecular weight excluding hydrogens is 269 g/mol. The van der Waals surface area contributed by atoms with Crippen LogP contribution in [0.4, 0.5) is 15.8 Å². The zero-order chi connectivity index (χ0) is 14.8. The summed E-state index contributed by atoms with van der Waals surface area (Å²) in [5.74, 6) is -1.58. The minimum absolute atomic E-state index is 0.0414. The molecule has 0 fully saturated rings. The number of halogens is 1. The highest BCUT2D eigenvalue weighted by atomic mass is 19.1. The van der Waals surface area contributed by atoms with Crippen molar-refractivity contribution in [3.05, 3.63) is 72.0 Å². The predicted molar refractivity (Wildman–Crippen MR) is 80.6 cm³/mol. The van der Waals surface area contributed by atoms with E-state index in [9.17, 15) is 9.18 Å². The Hall–Kier alpha value is -2.88. The number of fused-ring (bicyclic) bond motifs is 1. The van der Waals surface area contributed by atoms with Crippen LogP contribution in [0.15, 0.2) is 60.7 Å². The van der Waals surface area contributed by atoms with E-state index in [4.69, 9.17) is 5.11 Å². The second kappa shape index (κ2) is 5.25. The van der Waals surface area contributed by atoms with E-state index in [1.807, 2.05) is 42.5 Å². The Morgan fingerprint density at radius 1 is 0.952 bits per heavy atom. The topological polar surface area (TPSA) is 49.3 Å². The third-order valence-electron chi connectivity index (χ3n) is 3.24. The Kier molecular flexibility index (Phi) is 3.28. The summed E-state index contributed by atoms with van der Waals surface area (Å²) < 4.78 is 13.8. The number of benzene rings is 3. The molecule has 0 saturated carbocycles. The third kappa shape index (κ3) is 2.69. The van der Waals surface area contributed by atoms with Gasteiger partial charge in [-0.05, 0) is 41.1 Å². The molecule has 0 bridgehead atoms. The molecule has 3 aromatic carbocycles. The molecule has 0 amide bonds. The van der Waals surface area contributed by atoms with Gasteiger partial charge in [0.1, 0.15) is 5.82 Å². The van der Waals surface area contributed by atoms with Crippen LogP contribution in [0.5, 0.6) is 0 Å². The minimum atomic E-state index is -1.09. The van der Waals surface area contributed by atoms with Gasteiger partial charge in [-0.1, -0.05) is 30.3 Å². The number of nitrogens with one attached hydrogen (secondary N) is 1. The van der Waals surface area contributed by atoms with Crippen molar-refractivity contribution >= 4 is 28.1 Å². The van der Waals surface area contributed by atoms with Gasteiger partial charge in [0.05, 0.1) is 11.3 Å². The first kappa shape index (κ1) is 13.1. The molecule has 0 heterocycles. The number of hydrogen-bond acceptors (Lipinski definition) is 2. The molecule has 104 valence electrons. The molecule has 3 rings (SSSR count). The number of anilines is 2. The van der Waals surface area contributed by atoms with Gasteiger partial charge in [0.25, 0.3) is 0 Å². The first-order valence-electron chi connectivity index (χ1n) is 6.42. The van der Waals surface area contributed by atoms with Crippen LogP contribution in [-0.4, -0.2) is 11.1 Å². The van der Waals surface area contributed by atoms with Gasteiger partial charge in [-0.3, -0.25) is 0 Å². The molecular formula is C17H12FNO2. The molecule has 0 saturated heterocycles. The quantitative estimate of drug-likeness (QED) is 0.747. The van der Waals surface area contributed by atoms with Crippen LogP contribution >= 0.6 is 0 Å². The van der Waals surface area contributed by atoms with Gasteiger partial charge in [-0.2, -0.15) is 0 Å². The zero-order valence-corrected chi connectivity index (χ0v) is 11.0. The number of carboxylic acids is 1. The Balaban J connectivity index is 1.98. The van der Waals surface area contributed by atoms with E-state index in [1.165, 1.54) is 12.1 Å². The molecule has 0 aromatic heterocycles. The van der Waals surface area contributed by atoms with Crippen molar-refractivity contribution in [1.29, 1.82) is 0 Å². The summed E-state index contributed by atoms with van der Waals surface area (Å²) in [5, 5.41) is 14.0. The minimum Gasteiger partial charge on any atom is -0.478 e. The van der Waals surface area contributed by atoms with Crippen LogP contribution in [0.25, 0.3) is 10.8 Å². The van der Waals surface area contributed by atoms with Gasteiger partial charge in [0, 0.05) is 5.69 Å². The summed E-state index contributed by atoms with van der Waals surface area (Å²) in [6.07, 6.45) is 0. The monoisotopic (exact) mass is 281 g/mol. The van der Waals surface area contributed by atoms with E-state index >= 15 is 0 Å². The fourth-order valence-corrected chi connectivity index (χ4v) is 2.18. The molecule has 0 aliphatic rings. The van der Waals surface area contributed by atoms with E-state index in [2.05, 4.69) is 5.32 Å². The smallest absolute Gasteiger partial charge is 0.335 e. The summed E-state index contributed by atoms with van der Waals surface area (Å²) in [6, 6.07) is 17.1. The van der Waals surface area contributed by atoms with Gasteiger partial charge in [0.15, 0.2) is 0 Å². The normalized spacial score (nSPS) is 10.5. The maximum atomic E-state index is 13.8. The second-order valence-electron chi connectivity index (χ2n) is 4.69. The van der Waals surface area contributed by atoms with Crippen molar-refractivity contribution in [2.24, 2.45) is 0 Å². The Bertz CT molecular complexity index is 830. The lowest BCUT2D eigenvalue weighted by molar-refractivity contribution is 0.0697. The highest BCUT2D eigenvalue weighted by molar-refractivity contribution is 5.90. The predicted octanol–water partition coefficient (Wildman–Crippen LogP) is 4.42. The second-order valence-corrected chi connectivity index (χ2v) is 4.69. The molecule has 0 atom stereocenters. The van der Waals surface area contributed by atoms with Crippen LogP contribution in [0.3, 0.4) is 0 Å². The molecule has 4 heteroatoms. The summed E-state index contributed by atoms with van der Waals surface area (Å²) in [7, 11) is 0. The number of hydrogen-bond donors (Lipinski definition) is 2. The lowest BCUT2D eigenvalue weighted by atomic mass is 10.1. The lowest BCUT2D eigenvalue weighted by Gasteiger charge is -2.09. The SMILES string of the molecule is O=C(O)c1ccc(F)c(Nc2ccc3ccccc3c2)c1. The van der Waals surface area contributed by atoms with E-state index in [1.54, 1.807) is 0 Å². The largest absolute Gasteiger partial charge is 0.478 e. The van der Waals surface area contributed by atoms with Crippen LogP contribution in [0.2, 0.25) is 0 Å². The van der Waals surface area contributed by atoms with E-state index < -0.39 is 11.8 Å². The average molecular weight is 281 g/mol. The number of carboxylic acid groups (broad SMARTS) is 1. The Labute approximate surface area is 120 Å². The number of rotatable bonds is 3. The Morgan fingerprint density at radius 2 is 1.71 bits per heavy atom. The molecule has 0 aliphatic heterocycles. The standard InChI is InChI=1S/C17H12FNO2/c18-15-8-6-13(17(20)21)10-16(15)19-14-7-5-11-3-1-2-4-12(11)9-14/h1-10,19H,(H,20,21). The highest BCUT2D eigenvalue weighted by Gasteiger charge is 2.08. The van der Waals surface area contributed by atoms with Crippen molar-refractivity contribution in [2.75, 3.05) is 5.32 Å². The fraction of sp³-hybridized carbons (Fsp3) is 0. The molecule has 0 spiro atoms. The fourth-order valence-electron chi connectivity index (χ4n) is 2.18. The first-order valence-corrected chi connectivity index (χ1v) is 6.42. The summed E-state index contributed by atoms with van der Waals surface area (Å²) in [6.45, 7) is 0. The Morgan fingerprint density at radius 3 is 2.48 bits per heavy atom. The van der Waals surface area contributed by atoms with Gasteiger partial charge in [-0.25, -0.2) is 9.18 Å². The van der Waals surface area contributed by atoms with E-state index in [-0.39, 0.29) is 11.3 Å². The average Bonchev–Trinajstić information content (AvgIpc) is 2.49. The molecule has 3 nitrogen and oxygen atoms in total. The third-order valence-corrected chi connectivity index (χ3v) is 3.24. The van der Waals surface area contributed by atoms with Gasteiger partial charge >= 0.3 is 5.97 Å². The van der Waals surface area contributed by atoms with Crippen LogP contribution in [0, 0.1) is 5.82 Å². The highest BCUT2D eigenvalue weighted by Crippen LogP contribution is 2.24. The van der Waals surface area contributed by atoms with Crippen molar-refractivity contribution in [2.45, 2.75) is 0 Å². The van der Waals surface area contributed by atoms with E-state index in [0.717, 1.165) is 16.8 Å². The molecule has 0 aliphatic carbocycles. The summed E-state index contributed by atoms with van der Waals surface area (Å²) in [4.78, 5) is 10.9. The van der Waals surface area contributed by atoms with Crippen molar-refractivity contribution in [3.63, 3.8) is 0 Å². The molecule has 0 radical (unpaired) electrons. The van der Waals surface area contributed by atoms with Crippen LogP contribution in [0.1, 0.15) is 10.4 Å². The maximum absolute atomic E-state index is 13.8. The van der Waals surface area contributed by atoms with Gasteiger partial charge < -0.3 is 10.4 Å². The maximum Gasteiger partial charge on any atom is 0.335 e. The molecule has 2 N–H and O–H groups in total. The van der Waals surface area contributed by atoms with Crippen LogP contribution in [-0.2, 0) is 0 Å².